The van der Waals surface area contributed by atoms with Crippen LogP contribution < -0.4 is 5.32 Å². The van der Waals surface area contributed by atoms with Crippen LogP contribution in [-0.4, -0.2) is 42.7 Å². The van der Waals surface area contributed by atoms with Crippen molar-refractivity contribution >= 4 is 34.5 Å². The molecule has 0 aliphatic heterocycles. The second-order valence-electron chi connectivity index (χ2n) is 7.67. The topological polar surface area (TPSA) is 110 Å². The van der Waals surface area contributed by atoms with E-state index in [-0.39, 0.29) is 23.7 Å². The molecule has 0 saturated heterocycles. The molecule has 1 aliphatic carbocycles. The number of nitrogens with one attached hydrogen (secondary N) is 1. The van der Waals surface area contributed by atoms with Crippen molar-refractivity contribution in [1.82, 2.24) is 19.5 Å². The van der Waals surface area contributed by atoms with Gasteiger partial charge in [0.15, 0.2) is 0 Å². The van der Waals surface area contributed by atoms with Gasteiger partial charge in [0.2, 0.25) is 5.78 Å². The van der Waals surface area contributed by atoms with Crippen LogP contribution in [0.1, 0.15) is 51.5 Å². The van der Waals surface area contributed by atoms with Gasteiger partial charge in [0.25, 0.3) is 0 Å². The van der Waals surface area contributed by atoms with Crippen molar-refractivity contribution in [1.29, 1.82) is 0 Å². The van der Waals surface area contributed by atoms with E-state index in [2.05, 4.69) is 20.3 Å². The third-order valence-corrected chi connectivity index (χ3v) is 6.51. The molecule has 2 N–H and O–H groups in total. The first-order valence-electron chi connectivity index (χ1n) is 10.6. The molecule has 0 atom stereocenters. The molecule has 0 spiro atoms. The Balaban J connectivity index is 1.46. The summed E-state index contributed by atoms with van der Waals surface area (Å²) in [6.07, 6.45) is 7.25. The van der Waals surface area contributed by atoms with Gasteiger partial charge in [0, 0.05) is 56.2 Å². The van der Waals surface area contributed by atoms with E-state index in [0.29, 0.717) is 58.2 Å². The average molecular weight is 452 g/mol. The number of aryl methyl sites for hydroxylation is 3. The second-order valence-corrected chi connectivity index (χ2v) is 8.76. The standard InChI is InChI=1S/C23H25N5O3S/c1-3-24-18-8-4-14(13-26-18)21(30)16-6-7-17-23(22(16)31)32-20(27-17)12-15(29)5-9-19-25-10-11-28(19)2/h4,8,10-11,13,30H,3,5-7,9,12H2,1-2H3,(H,24,26). The zero-order chi connectivity index (χ0) is 22.7. The number of carbonyl (C=O) groups excluding carboxylic acids is 2. The van der Waals surface area contributed by atoms with Crippen LogP contribution in [0.5, 0.6) is 0 Å². The van der Waals surface area contributed by atoms with Crippen molar-refractivity contribution in [2.24, 2.45) is 7.05 Å². The number of thiazole rings is 1. The van der Waals surface area contributed by atoms with Crippen molar-refractivity contribution in [3.63, 3.8) is 0 Å². The molecule has 0 fully saturated rings. The molecular formula is C23H25N5O3S. The summed E-state index contributed by atoms with van der Waals surface area (Å²) in [6.45, 7) is 2.73. The molecule has 0 amide bonds. The third kappa shape index (κ3) is 4.62. The fraction of sp³-hybridized carbons (Fsp3) is 0.348. The number of anilines is 1. The van der Waals surface area contributed by atoms with Gasteiger partial charge in [-0.15, -0.1) is 11.3 Å². The number of carbonyl (C=O) groups is 2. The number of Topliss-reactive ketones (excluding diaryl/α,β-unsaturated/α-hetero) is 2. The highest BCUT2D eigenvalue weighted by Crippen LogP contribution is 2.33. The van der Waals surface area contributed by atoms with E-state index in [9.17, 15) is 14.7 Å². The molecule has 0 aromatic carbocycles. The summed E-state index contributed by atoms with van der Waals surface area (Å²) in [6, 6.07) is 3.52. The van der Waals surface area contributed by atoms with Crippen LogP contribution in [-0.2, 0) is 31.1 Å². The van der Waals surface area contributed by atoms with Crippen LogP contribution in [0.15, 0.2) is 36.3 Å². The molecule has 8 nitrogen and oxygen atoms in total. The molecule has 0 bridgehead atoms. The number of hydrogen-bond acceptors (Lipinski definition) is 8. The lowest BCUT2D eigenvalue weighted by Crippen LogP contribution is -2.14. The fourth-order valence-corrected chi connectivity index (χ4v) is 4.79. The monoisotopic (exact) mass is 451 g/mol. The molecule has 3 heterocycles. The van der Waals surface area contributed by atoms with Crippen LogP contribution in [0, 0.1) is 0 Å². The Morgan fingerprint density at radius 2 is 2.12 bits per heavy atom. The van der Waals surface area contributed by atoms with Crippen LogP contribution in [0.2, 0.25) is 0 Å². The minimum absolute atomic E-state index is 0.0442. The lowest BCUT2D eigenvalue weighted by molar-refractivity contribution is -0.118. The number of pyridine rings is 1. The molecule has 0 saturated carbocycles. The van der Waals surface area contributed by atoms with E-state index < -0.39 is 0 Å². The Bertz CT molecular complexity index is 1180. The van der Waals surface area contributed by atoms with Crippen molar-refractivity contribution in [2.75, 3.05) is 11.9 Å². The molecule has 166 valence electrons. The fourth-order valence-electron chi connectivity index (χ4n) is 3.68. The smallest absolute Gasteiger partial charge is 0.204 e. The first-order valence-corrected chi connectivity index (χ1v) is 11.4. The van der Waals surface area contributed by atoms with Crippen molar-refractivity contribution in [3.05, 3.63) is 63.3 Å². The van der Waals surface area contributed by atoms with Crippen molar-refractivity contribution < 1.29 is 14.7 Å². The number of imidazole rings is 1. The van der Waals surface area contributed by atoms with Crippen LogP contribution in [0.3, 0.4) is 0 Å². The third-order valence-electron chi connectivity index (χ3n) is 5.41. The molecule has 4 rings (SSSR count). The zero-order valence-corrected chi connectivity index (χ0v) is 18.9. The van der Waals surface area contributed by atoms with E-state index in [1.165, 1.54) is 11.3 Å². The normalized spacial score (nSPS) is 14.9. The lowest BCUT2D eigenvalue weighted by atomic mass is 9.93. The summed E-state index contributed by atoms with van der Waals surface area (Å²) in [5.41, 5.74) is 1.59. The van der Waals surface area contributed by atoms with Gasteiger partial charge in [-0.05, 0) is 31.9 Å². The number of ketones is 2. The van der Waals surface area contributed by atoms with E-state index >= 15 is 0 Å². The van der Waals surface area contributed by atoms with Crippen molar-refractivity contribution in [3.8, 4) is 0 Å². The van der Waals surface area contributed by atoms with Gasteiger partial charge in [-0.2, -0.15) is 0 Å². The number of fused-ring (bicyclic) bond motifs is 1. The molecule has 1 aliphatic rings. The van der Waals surface area contributed by atoms with Gasteiger partial charge >= 0.3 is 0 Å². The molecule has 32 heavy (non-hydrogen) atoms. The van der Waals surface area contributed by atoms with Gasteiger partial charge < -0.3 is 15.0 Å². The molecular weight excluding hydrogens is 426 g/mol. The van der Waals surface area contributed by atoms with Crippen LogP contribution >= 0.6 is 11.3 Å². The SMILES string of the molecule is CCNc1ccc(C(O)=C2CCc3nc(CC(=O)CCc4nccn4C)sc3C2=O)cn1. The summed E-state index contributed by atoms with van der Waals surface area (Å²) >= 11 is 1.25. The second kappa shape index (κ2) is 9.44. The highest BCUT2D eigenvalue weighted by Gasteiger charge is 2.29. The van der Waals surface area contributed by atoms with Gasteiger partial charge in [-0.25, -0.2) is 15.0 Å². The summed E-state index contributed by atoms with van der Waals surface area (Å²) in [4.78, 5) is 39.0. The van der Waals surface area contributed by atoms with E-state index in [1.807, 2.05) is 24.7 Å². The van der Waals surface area contributed by atoms with Gasteiger partial charge in [0.05, 0.1) is 17.0 Å². The first kappa shape index (κ1) is 21.9. The minimum Gasteiger partial charge on any atom is -0.507 e. The number of allylic oxidation sites excluding steroid dienone is 1. The van der Waals surface area contributed by atoms with E-state index in [1.54, 1.807) is 24.5 Å². The minimum atomic E-state index is -0.219. The Kier molecular flexibility index (Phi) is 6.45. The van der Waals surface area contributed by atoms with Crippen LogP contribution in [0.4, 0.5) is 5.82 Å². The number of aromatic nitrogens is 4. The zero-order valence-electron chi connectivity index (χ0n) is 18.1. The summed E-state index contributed by atoms with van der Waals surface area (Å²) in [7, 11) is 1.90. The summed E-state index contributed by atoms with van der Waals surface area (Å²) in [5, 5.41) is 14.5. The van der Waals surface area contributed by atoms with E-state index in [4.69, 9.17) is 0 Å². The predicted octanol–water partition coefficient (Wildman–Crippen LogP) is 3.55. The predicted molar refractivity (Wildman–Crippen MR) is 123 cm³/mol. The molecule has 0 unspecified atom stereocenters. The Hall–Kier alpha value is -3.33. The van der Waals surface area contributed by atoms with Crippen LogP contribution in [0.25, 0.3) is 5.76 Å². The average Bonchev–Trinajstić information content (AvgIpc) is 3.39. The number of aliphatic hydroxyl groups is 1. The molecule has 3 aromatic rings. The molecule has 9 heteroatoms. The van der Waals surface area contributed by atoms with Gasteiger partial charge in [0.1, 0.15) is 28.2 Å². The highest BCUT2D eigenvalue weighted by atomic mass is 32.1. The first-order chi connectivity index (χ1) is 15.5. The Morgan fingerprint density at radius 3 is 2.81 bits per heavy atom. The maximum Gasteiger partial charge on any atom is 0.204 e. The summed E-state index contributed by atoms with van der Waals surface area (Å²) in [5.74, 6) is 1.38. The number of rotatable bonds is 8. The Labute approximate surface area is 190 Å². The maximum absolute atomic E-state index is 13.0. The molecule has 0 radical (unpaired) electrons. The number of nitrogens with zero attached hydrogens (tertiary/aromatic N) is 4. The van der Waals surface area contributed by atoms with E-state index in [0.717, 1.165) is 12.4 Å². The van der Waals surface area contributed by atoms with Gasteiger partial charge in [-0.1, -0.05) is 0 Å². The van der Waals surface area contributed by atoms with Gasteiger partial charge in [-0.3, -0.25) is 9.59 Å². The number of aliphatic hydroxyl groups excluding tert-OH is 1. The van der Waals surface area contributed by atoms with Crippen molar-refractivity contribution in [2.45, 2.75) is 39.0 Å². The lowest BCUT2D eigenvalue weighted by Gasteiger charge is -2.14. The largest absolute Gasteiger partial charge is 0.507 e. The number of hydrogen-bond donors (Lipinski definition) is 2. The quantitative estimate of drug-likeness (QED) is 0.398. The Morgan fingerprint density at radius 1 is 1.28 bits per heavy atom. The molecule has 3 aromatic heterocycles. The maximum atomic E-state index is 13.0. The summed E-state index contributed by atoms with van der Waals surface area (Å²) < 4.78 is 1.90. The highest BCUT2D eigenvalue weighted by molar-refractivity contribution is 7.14.